The van der Waals surface area contributed by atoms with Gasteiger partial charge in [-0.25, -0.2) is 14.6 Å². The third-order valence-corrected chi connectivity index (χ3v) is 9.59. The third-order valence-electron chi connectivity index (χ3n) is 7.36. The van der Waals surface area contributed by atoms with Crippen LogP contribution in [0.2, 0.25) is 20.1 Å². The number of carbonyl (C=O) groups excluding carboxylic acids is 2. The number of halogens is 4. The zero-order chi connectivity index (χ0) is 36.1. The maximum atomic E-state index is 14.3. The van der Waals surface area contributed by atoms with Crippen LogP contribution < -0.4 is 29.1 Å². The van der Waals surface area contributed by atoms with Crippen LogP contribution in [0.15, 0.2) is 69.6 Å². The van der Waals surface area contributed by atoms with Crippen molar-refractivity contribution < 1.29 is 33.3 Å². The van der Waals surface area contributed by atoms with E-state index >= 15 is 0 Å². The van der Waals surface area contributed by atoms with Crippen molar-refractivity contribution in [1.82, 2.24) is 4.57 Å². The summed E-state index contributed by atoms with van der Waals surface area (Å²) in [7, 11) is 1.26. The summed E-state index contributed by atoms with van der Waals surface area (Å²) < 4.78 is 29.4. The van der Waals surface area contributed by atoms with Crippen molar-refractivity contribution in [3.8, 4) is 17.2 Å². The highest BCUT2D eigenvalue weighted by atomic mass is 35.5. The Morgan fingerprint density at radius 3 is 2.40 bits per heavy atom. The first kappa shape index (κ1) is 37.3. The van der Waals surface area contributed by atoms with Crippen LogP contribution in [0.1, 0.15) is 43.5 Å². The largest absolute Gasteiger partial charge is 0.490 e. The minimum atomic E-state index is -0.949. The third kappa shape index (κ3) is 8.14. The van der Waals surface area contributed by atoms with Gasteiger partial charge >= 0.3 is 11.9 Å². The highest BCUT2D eigenvalue weighted by Crippen LogP contribution is 2.37. The molecule has 1 aliphatic heterocycles. The number of hydrogen-bond acceptors (Lipinski definition) is 10. The number of aromatic nitrogens is 1. The van der Waals surface area contributed by atoms with Crippen molar-refractivity contribution in [2.45, 2.75) is 33.4 Å². The Morgan fingerprint density at radius 1 is 0.920 bits per heavy atom. The van der Waals surface area contributed by atoms with Gasteiger partial charge < -0.3 is 23.7 Å². The molecule has 0 saturated heterocycles. The Balaban J connectivity index is 1.64. The number of ether oxygens (including phenoxy) is 5. The van der Waals surface area contributed by atoms with Crippen molar-refractivity contribution in [2.24, 2.45) is 4.99 Å². The van der Waals surface area contributed by atoms with E-state index < -0.39 is 23.5 Å². The van der Waals surface area contributed by atoms with E-state index in [-0.39, 0.29) is 53.1 Å². The minimum Gasteiger partial charge on any atom is -0.490 e. The fourth-order valence-electron chi connectivity index (χ4n) is 5.15. The summed E-state index contributed by atoms with van der Waals surface area (Å²) in [5, 5.41) is 1.34. The van der Waals surface area contributed by atoms with E-state index in [1.807, 2.05) is 0 Å². The molecule has 0 aliphatic carbocycles. The molecule has 0 radical (unpaired) electrons. The predicted molar refractivity (Wildman–Crippen MR) is 193 cm³/mol. The number of rotatable bonds is 12. The normalized spacial score (nSPS) is 14.2. The summed E-state index contributed by atoms with van der Waals surface area (Å²) in [5.41, 5.74) is 1.81. The van der Waals surface area contributed by atoms with Crippen LogP contribution in [0.25, 0.3) is 6.08 Å². The SMILES string of the molecule is CCOC(=O)C1=C(C)N=c2s/c(=C/c3cc(Cl)cc(Cl)c3OCc3ccc(Cl)c(Cl)c3)c(=O)n2[C@@H]1c1ccc(OCC(=O)OC)c(OCC)c1. The number of methoxy groups -OCH3 is 1. The summed E-state index contributed by atoms with van der Waals surface area (Å²) in [6.07, 6.45) is 1.61. The van der Waals surface area contributed by atoms with Crippen LogP contribution in [-0.2, 0) is 25.7 Å². The fourth-order valence-corrected chi connectivity index (χ4v) is 7.07. The Kier molecular flexibility index (Phi) is 12.2. The summed E-state index contributed by atoms with van der Waals surface area (Å²) in [6.45, 7) is 5.30. The second kappa shape index (κ2) is 16.3. The van der Waals surface area contributed by atoms with E-state index in [1.165, 1.54) is 17.7 Å². The maximum Gasteiger partial charge on any atom is 0.343 e. The molecule has 10 nitrogen and oxygen atoms in total. The van der Waals surface area contributed by atoms with E-state index in [4.69, 9.17) is 65.4 Å². The summed E-state index contributed by atoms with van der Waals surface area (Å²) in [5.74, 6) is -0.339. The molecule has 0 N–H and O–H groups in total. The monoisotopic (exact) mass is 778 g/mol. The van der Waals surface area contributed by atoms with Crippen molar-refractivity contribution in [3.05, 3.63) is 116 Å². The fraction of sp³-hybridized carbons (Fsp3) is 0.257. The van der Waals surface area contributed by atoms with E-state index in [9.17, 15) is 14.4 Å². The standard InChI is InChI=1S/C35H30Cl4N2O8S/c1-5-46-27-13-20(8-10-26(27)48-17-29(42)45-4)31-30(34(44)47-6-2)18(3)40-35-41(31)33(43)28(50-35)14-21-12-22(36)15-25(39)32(21)49-16-19-7-9-23(37)24(38)11-19/h7-15,31H,5-6,16-17H2,1-4H3/b28-14+/t31-/m1/s1. The topological polar surface area (TPSA) is 115 Å². The highest BCUT2D eigenvalue weighted by Gasteiger charge is 2.34. The average Bonchev–Trinajstić information content (AvgIpc) is 3.38. The van der Waals surface area contributed by atoms with Crippen molar-refractivity contribution in [1.29, 1.82) is 0 Å². The van der Waals surface area contributed by atoms with Crippen molar-refractivity contribution in [2.75, 3.05) is 26.9 Å². The Hall–Kier alpha value is -4.00. The summed E-state index contributed by atoms with van der Waals surface area (Å²) in [6, 6.07) is 12.3. The molecular weight excluding hydrogens is 750 g/mol. The first-order chi connectivity index (χ1) is 23.9. The smallest absolute Gasteiger partial charge is 0.343 e. The van der Waals surface area contributed by atoms with Gasteiger partial charge in [0, 0.05) is 10.6 Å². The minimum absolute atomic E-state index is 0.101. The van der Waals surface area contributed by atoms with Gasteiger partial charge in [-0.1, -0.05) is 69.9 Å². The Morgan fingerprint density at radius 2 is 1.70 bits per heavy atom. The number of carbonyl (C=O) groups is 2. The van der Waals surface area contributed by atoms with Gasteiger partial charge in [-0.15, -0.1) is 0 Å². The molecule has 0 saturated carbocycles. The first-order valence-electron chi connectivity index (χ1n) is 15.2. The molecule has 4 aromatic rings. The molecule has 0 amide bonds. The number of esters is 2. The highest BCUT2D eigenvalue weighted by molar-refractivity contribution is 7.07. The van der Waals surface area contributed by atoms with E-state index in [2.05, 4.69) is 9.73 Å². The lowest BCUT2D eigenvalue weighted by atomic mass is 9.95. The van der Waals surface area contributed by atoms with Crippen LogP contribution in [0, 0.1) is 0 Å². The molecule has 2 heterocycles. The van der Waals surface area contributed by atoms with Gasteiger partial charge in [-0.05, 0) is 74.4 Å². The van der Waals surface area contributed by atoms with E-state index in [0.717, 1.165) is 16.9 Å². The molecule has 50 heavy (non-hydrogen) atoms. The second-order valence-electron chi connectivity index (χ2n) is 10.6. The van der Waals surface area contributed by atoms with Gasteiger partial charge in [0.2, 0.25) is 0 Å². The van der Waals surface area contributed by atoms with Gasteiger partial charge in [-0.2, -0.15) is 0 Å². The Labute approximate surface area is 311 Å². The lowest BCUT2D eigenvalue weighted by molar-refractivity contribution is -0.143. The average molecular weight is 781 g/mol. The zero-order valence-electron chi connectivity index (χ0n) is 27.2. The number of benzene rings is 3. The first-order valence-corrected chi connectivity index (χ1v) is 17.5. The predicted octanol–water partition coefficient (Wildman–Crippen LogP) is 6.94. The lowest BCUT2D eigenvalue weighted by Gasteiger charge is -2.25. The summed E-state index contributed by atoms with van der Waals surface area (Å²) >= 11 is 26.4. The zero-order valence-corrected chi connectivity index (χ0v) is 31.0. The molecule has 0 unspecified atom stereocenters. The number of fused-ring (bicyclic) bond motifs is 1. The molecule has 0 bridgehead atoms. The number of hydrogen-bond donors (Lipinski definition) is 0. The van der Waals surface area contributed by atoms with Crippen LogP contribution >= 0.6 is 57.7 Å². The second-order valence-corrected chi connectivity index (χ2v) is 13.3. The molecule has 1 aliphatic rings. The number of nitrogens with zero attached hydrogens (tertiary/aromatic N) is 2. The molecule has 3 aromatic carbocycles. The van der Waals surface area contributed by atoms with Gasteiger partial charge in [-0.3, -0.25) is 9.36 Å². The van der Waals surface area contributed by atoms with Gasteiger partial charge in [0.25, 0.3) is 5.56 Å². The van der Waals surface area contributed by atoms with Crippen LogP contribution in [0.3, 0.4) is 0 Å². The molecule has 1 aromatic heterocycles. The molecule has 0 spiro atoms. The van der Waals surface area contributed by atoms with E-state index in [0.29, 0.717) is 42.4 Å². The maximum absolute atomic E-state index is 14.3. The van der Waals surface area contributed by atoms with Gasteiger partial charge in [0.15, 0.2) is 22.9 Å². The molecular formula is C35H30Cl4N2O8S. The van der Waals surface area contributed by atoms with E-state index in [1.54, 1.807) is 69.3 Å². The molecule has 15 heteroatoms. The number of allylic oxidation sites excluding steroid dienone is 1. The molecule has 0 fully saturated rings. The van der Waals surface area contributed by atoms with Crippen LogP contribution in [0.4, 0.5) is 0 Å². The van der Waals surface area contributed by atoms with Gasteiger partial charge in [0.1, 0.15) is 12.4 Å². The summed E-state index contributed by atoms with van der Waals surface area (Å²) in [4.78, 5) is 44.5. The molecule has 262 valence electrons. The van der Waals surface area contributed by atoms with Crippen LogP contribution in [-0.4, -0.2) is 43.4 Å². The van der Waals surface area contributed by atoms with Crippen LogP contribution in [0.5, 0.6) is 17.2 Å². The molecule has 1 atom stereocenters. The molecule has 5 rings (SSSR count). The number of thiazole rings is 1. The lowest BCUT2D eigenvalue weighted by Crippen LogP contribution is -2.40. The quantitative estimate of drug-likeness (QED) is 0.142. The Bertz CT molecular complexity index is 2180. The van der Waals surface area contributed by atoms with Crippen molar-refractivity contribution >= 4 is 75.8 Å². The van der Waals surface area contributed by atoms with Gasteiger partial charge in [0.05, 0.1) is 57.2 Å². The van der Waals surface area contributed by atoms with Crippen molar-refractivity contribution in [3.63, 3.8) is 0 Å².